The Kier molecular flexibility index (Phi) is 6.84. The molecule has 74 valence electrons. The van der Waals surface area contributed by atoms with E-state index in [1.165, 1.54) is 0 Å². The molecule has 0 fully saturated rings. The molecular weight excluding hydrogens is 174 g/mol. The molecule has 0 saturated carbocycles. The average Bonchev–Trinajstić information content (AvgIpc) is 2.00. The molecular formula is C8H19NO2S. The van der Waals surface area contributed by atoms with Gasteiger partial charge in [-0.1, -0.05) is 13.8 Å². The third kappa shape index (κ3) is 4.98. The van der Waals surface area contributed by atoms with E-state index in [1.807, 2.05) is 0 Å². The van der Waals surface area contributed by atoms with Crippen LogP contribution in [0.15, 0.2) is 0 Å². The van der Waals surface area contributed by atoms with Crippen LogP contribution in [0.5, 0.6) is 0 Å². The van der Waals surface area contributed by atoms with Crippen molar-refractivity contribution in [3.8, 4) is 0 Å². The lowest BCUT2D eigenvalue weighted by molar-refractivity contribution is 0.167. The molecule has 2 unspecified atom stereocenters. The zero-order valence-electron chi connectivity index (χ0n) is 7.99. The van der Waals surface area contributed by atoms with E-state index in [9.17, 15) is 0 Å². The first kappa shape index (κ1) is 12.2. The van der Waals surface area contributed by atoms with Crippen molar-refractivity contribution in [2.75, 3.05) is 20.3 Å². The molecule has 12 heavy (non-hydrogen) atoms. The molecule has 0 radical (unpaired) electrons. The fourth-order valence-electron chi connectivity index (χ4n) is 0.929. The molecule has 0 spiro atoms. The standard InChI is InChI=1S/C8H19NO2S/c1-6(2)12-8(4-10)7(9)5-11-3/h6-8,10H,4-5,9H2,1-3H3. The van der Waals surface area contributed by atoms with Gasteiger partial charge in [-0.3, -0.25) is 0 Å². The van der Waals surface area contributed by atoms with Crippen LogP contribution in [-0.2, 0) is 4.74 Å². The summed E-state index contributed by atoms with van der Waals surface area (Å²) in [4.78, 5) is 0. The van der Waals surface area contributed by atoms with E-state index in [-0.39, 0.29) is 17.9 Å². The second kappa shape index (κ2) is 6.71. The van der Waals surface area contributed by atoms with E-state index in [2.05, 4.69) is 13.8 Å². The minimum Gasteiger partial charge on any atom is -0.395 e. The quantitative estimate of drug-likeness (QED) is 0.643. The van der Waals surface area contributed by atoms with E-state index in [1.54, 1.807) is 18.9 Å². The van der Waals surface area contributed by atoms with Gasteiger partial charge in [-0.25, -0.2) is 0 Å². The topological polar surface area (TPSA) is 55.5 Å². The monoisotopic (exact) mass is 193 g/mol. The number of rotatable bonds is 6. The first-order valence-corrected chi connectivity index (χ1v) is 5.07. The third-order valence-corrected chi connectivity index (χ3v) is 2.86. The maximum atomic E-state index is 9.02. The van der Waals surface area contributed by atoms with Gasteiger partial charge in [0.1, 0.15) is 0 Å². The van der Waals surface area contributed by atoms with Crippen LogP contribution in [0.1, 0.15) is 13.8 Å². The van der Waals surface area contributed by atoms with Crippen LogP contribution in [0.4, 0.5) is 0 Å². The summed E-state index contributed by atoms with van der Waals surface area (Å²) >= 11 is 1.69. The number of nitrogens with two attached hydrogens (primary N) is 1. The van der Waals surface area contributed by atoms with Crippen molar-refractivity contribution in [1.29, 1.82) is 0 Å². The van der Waals surface area contributed by atoms with E-state index in [4.69, 9.17) is 15.6 Å². The largest absolute Gasteiger partial charge is 0.395 e. The fourth-order valence-corrected chi connectivity index (χ4v) is 1.99. The normalized spacial score (nSPS) is 16.5. The highest BCUT2D eigenvalue weighted by Gasteiger charge is 2.18. The molecule has 0 aliphatic rings. The number of aliphatic hydroxyl groups is 1. The van der Waals surface area contributed by atoms with Crippen LogP contribution in [0.2, 0.25) is 0 Å². The number of aliphatic hydroxyl groups excluding tert-OH is 1. The molecule has 3 nitrogen and oxygen atoms in total. The molecule has 3 N–H and O–H groups in total. The maximum Gasteiger partial charge on any atom is 0.0625 e. The van der Waals surface area contributed by atoms with Gasteiger partial charge in [-0.05, 0) is 5.25 Å². The number of hydrogen-bond donors (Lipinski definition) is 2. The minimum atomic E-state index is -0.0765. The fraction of sp³-hybridized carbons (Fsp3) is 1.00. The summed E-state index contributed by atoms with van der Waals surface area (Å²) in [6, 6.07) is -0.0765. The minimum absolute atomic E-state index is 0.0765. The number of thioether (sulfide) groups is 1. The second-order valence-corrected chi connectivity index (χ2v) is 4.85. The van der Waals surface area contributed by atoms with Crippen LogP contribution >= 0.6 is 11.8 Å². The molecule has 0 aromatic rings. The van der Waals surface area contributed by atoms with Crippen molar-refractivity contribution in [2.45, 2.75) is 30.4 Å². The second-order valence-electron chi connectivity index (χ2n) is 3.03. The maximum absolute atomic E-state index is 9.02. The van der Waals surface area contributed by atoms with Gasteiger partial charge in [-0.2, -0.15) is 11.8 Å². The van der Waals surface area contributed by atoms with E-state index < -0.39 is 0 Å². The van der Waals surface area contributed by atoms with Crippen LogP contribution in [0.25, 0.3) is 0 Å². The Balaban J connectivity index is 3.78. The van der Waals surface area contributed by atoms with E-state index in [0.29, 0.717) is 11.9 Å². The lowest BCUT2D eigenvalue weighted by atomic mass is 10.2. The Labute approximate surface area is 78.7 Å². The Morgan fingerprint density at radius 3 is 2.42 bits per heavy atom. The van der Waals surface area contributed by atoms with E-state index in [0.717, 1.165) is 0 Å². The van der Waals surface area contributed by atoms with Crippen molar-refractivity contribution in [3.63, 3.8) is 0 Å². The molecule has 0 rings (SSSR count). The van der Waals surface area contributed by atoms with Gasteiger partial charge >= 0.3 is 0 Å². The summed E-state index contributed by atoms with van der Waals surface area (Å²) in [6.07, 6.45) is 0. The first-order valence-electron chi connectivity index (χ1n) is 4.12. The zero-order valence-corrected chi connectivity index (χ0v) is 8.80. The lowest BCUT2D eigenvalue weighted by Gasteiger charge is -2.22. The molecule has 0 aromatic carbocycles. The summed E-state index contributed by atoms with van der Waals surface area (Å²) in [5, 5.41) is 9.59. The van der Waals surface area contributed by atoms with Gasteiger partial charge in [0, 0.05) is 18.4 Å². The van der Waals surface area contributed by atoms with Gasteiger partial charge in [0.05, 0.1) is 13.2 Å². The zero-order chi connectivity index (χ0) is 9.56. The summed E-state index contributed by atoms with van der Waals surface area (Å²) in [7, 11) is 1.62. The van der Waals surface area contributed by atoms with Crippen molar-refractivity contribution in [1.82, 2.24) is 0 Å². The van der Waals surface area contributed by atoms with Crippen LogP contribution < -0.4 is 5.73 Å². The van der Waals surface area contributed by atoms with Crippen molar-refractivity contribution in [2.24, 2.45) is 5.73 Å². The summed E-state index contributed by atoms with van der Waals surface area (Å²) in [6.45, 7) is 4.80. The Hall–Kier alpha value is 0.230. The lowest BCUT2D eigenvalue weighted by Crippen LogP contribution is -2.39. The van der Waals surface area contributed by atoms with Gasteiger partial charge in [-0.15, -0.1) is 0 Å². The van der Waals surface area contributed by atoms with Gasteiger partial charge in [0.25, 0.3) is 0 Å². The number of ether oxygens (including phenoxy) is 1. The van der Waals surface area contributed by atoms with Crippen molar-refractivity contribution < 1.29 is 9.84 Å². The summed E-state index contributed by atoms with van der Waals surface area (Å²) in [5.41, 5.74) is 5.78. The predicted octanol–water partition coefficient (Wildman–Crippen LogP) is 0.463. The summed E-state index contributed by atoms with van der Waals surface area (Å²) in [5.74, 6) is 0. The van der Waals surface area contributed by atoms with Crippen LogP contribution in [0.3, 0.4) is 0 Å². The Morgan fingerprint density at radius 2 is 2.08 bits per heavy atom. The van der Waals surface area contributed by atoms with Gasteiger partial charge in [0.15, 0.2) is 0 Å². The highest BCUT2D eigenvalue weighted by Crippen LogP contribution is 2.18. The number of hydrogen-bond acceptors (Lipinski definition) is 4. The van der Waals surface area contributed by atoms with Crippen LogP contribution in [-0.4, -0.2) is 42.0 Å². The molecule has 2 atom stereocenters. The highest BCUT2D eigenvalue weighted by molar-refractivity contribution is 8.00. The van der Waals surface area contributed by atoms with Crippen LogP contribution in [0, 0.1) is 0 Å². The average molecular weight is 193 g/mol. The highest BCUT2D eigenvalue weighted by atomic mass is 32.2. The molecule has 0 heterocycles. The van der Waals surface area contributed by atoms with Crippen molar-refractivity contribution >= 4 is 11.8 Å². The molecule has 0 aliphatic carbocycles. The molecule has 0 amide bonds. The third-order valence-electron chi connectivity index (χ3n) is 1.46. The molecule has 4 heteroatoms. The molecule has 0 aliphatic heterocycles. The SMILES string of the molecule is COCC(N)C(CO)SC(C)C. The van der Waals surface area contributed by atoms with Crippen molar-refractivity contribution in [3.05, 3.63) is 0 Å². The predicted molar refractivity (Wildman–Crippen MR) is 53.5 cm³/mol. The first-order chi connectivity index (χ1) is 5.61. The Morgan fingerprint density at radius 1 is 1.50 bits per heavy atom. The Bertz CT molecular complexity index is 111. The molecule has 0 saturated heterocycles. The molecule has 0 bridgehead atoms. The summed E-state index contributed by atoms with van der Waals surface area (Å²) < 4.78 is 4.92. The molecule has 0 aromatic heterocycles. The number of methoxy groups -OCH3 is 1. The van der Waals surface area contributed by atoms with E-state index >= 15 is 0 Å². The van der Waals surface area contributed by atoms with Gasteiger partial charge in [0.2, 0.25) is 0 Å². The van der Waals surface area contributed by atoms with Gasteiger partial charge < -0.3 is 15.6 Å². The smallest absolute Gasteiger partial charge is 0.0625 e.